The molecule has 0 amide bonds. The fourth-order valence-corrected chi connectivity index (χ4v) is 4.55. The molecule has 1 aromatic heterocycles. The Hall–Kier alpha value is -2.33. The molecule has 1 heterocycles. The van der Waals surface area contributed by atoms with E-state index in [2.05, 4.69) is 19.6 Å². The van der Waals surface area contributed by atoms with Crippen LogP contribution in [0.1, 0.15) is 18.4 Å². The lowest BCUT2D eigenvalue weighted by Crippen LogP contribution is -2.18. The average Bonchev–Trinajstić information content (AvgIpc) is 3.33. The number of anilines is 3. The maximum atomic E-state index is 14.9. The highest BCUT2D eigenvalue weighted by Crippen LogP contribution is 2.38. The molecule has 2 aromatic carbocycles. The van der Waals surface area contributed by atoms with Crippen molar-refractivity contribution in [3.63, 3.8) is 0 Å². The highest BCUT2D eigenvalue weighted by molar-refractivity contribution is 7.93. The molecule has 2 N–H and O–H groups in total. The van der Waals surface area contributed by atoms with Crippen LogP contribution in [-0.2, 0) is 10.0 Å². The van der Waals surface area contributed by atoms with Gasteiger partial charge >= 0.3 is 0 Å². The smallest absolute Gasteiger partial charge is 0.235 e. The fraction of sp³-hybridized carbons (Fsp3) is 0.250. The van der Waals surface area contributed by atoms with Crippen LogP contribution in [0.25, 0.3) is 10.2 Å². The van der Waals surface area contributed by atoms with Crippen molar-refractivity contribution in [1.29, 1.82) is 0 Å². The first kappa shape index (κ1) is 17.1. The number of halogens is 2. The number of aryl methyl sites for hydroxylation is 1. The monoisotopic (exact) mass is 396 g/mol. The summed E-state index contributed by atoms with van der Waals surface area (Å²) in [6.07, 6.45) is 1.13. The first-order chi connectivity index (χ1) is 12.3. The second-order valence-electron chi connectivity index (χ2n) is 6.19. The van der Waals surface area contributed by atoms with E-state index in [1.807, 2.05) is 0 Å². The van der Waals surface area contributed by atoms with Gasteiger partial charge in [-0.25, -0.2) is 17.2 Å². The molecule has 1 saturated carbocycles. The van der Waals surface area contributed by atoms with E-state index in [1.165, 1.54) is 18.2 Å². The standard InChI is InChI=1S/C16H14F2N4O2S2/c1-8-2-5-11(10(17)6-8)19-15-12(21-26(23,24)9-3-4-9)7-13-16(14(15)18)20-22-25-13/h2,5-7,9,19,21H,3-4H2,1H3. The molecule has 0 aliphatic heterocycles. The second kappa shape index (κ2) is 6.13. The van der Waals surface area contributed by atoms with Gasteiger partial charge in [-0.15, -0.1) is 5.10 Å². The highest BCUT2D eigenvalue weighted by Gasteiger charge is 2.36. The molecule has 0 bridgehead atoms. The van der Waals surface area contributed by atoms with Gasteiger partial charge in [-0.3, -0.25) is 4.72 Å². The Morgan fingerprint density at radius 1 is 1.19 bits per heavy atom. The van der Waals surface area contributed by atoms with Crippen LogP contribution in [0.2, 0.25) is 0 Å². The van der Waals surface area contributed by atoms with Gasteiger partial charge in [-0.2, -0.15) is 0 Å². The lowest BCUT2D eigenvalue weighted by molar-refractivity contribution is 0.600. The van der Waals surface area contributed by atoms with Gasteiger partial charge in [-0.1, -0.05) is 10.6 Å². The van der Waals surface area contributed by atoms with E-state index in [-0.39, 0.29) is 22.6 Å². The van der Waals surface area contributed by atoms with Crippen molar-refractivity contribution in [2.75, 3.05) is 10.0 Å². The van der Waals surface area contributed by atoms with E-state index < -0.39 is 26.9 Å². The Morgan fingerprint density at radius 3 is 2.65 bits per heavy atom. The number of nitrogens with zero attached hydrogens (tertiary/aromatic N) is 2. The normalized spacial score (nSPS) is 14.6. The fourth-order valence-electron chi connectivity index (χ4n) is 2.56. The average molecular weight is 396 g/mol. The Labute approximate surface area is 152 Å². The quantitative estimate of drug-likeness (QED) is 0.683. The van der Waals surface area contributed by atoms with E-state index in [9.17, 15) is 17.2 Å². The topological polar surface area (TPSA) is 84.0 Å². The van der Waals surface area contributed by atoms with Gasteiger partial charge in [0.25, 0.3) is 0 Å². The summed E-state index contributed by atoms with van der Waals surface area (Å²) in [5.41, 5.74) is 0.565. The minimum atomic E-state index is -3.63. The summed E-state index contributed by atoms with van der Waals surface area (Å²) in [7, 11) is -3.63. The van der Waals surface area contributed by atoms with Crippen LogP contribution in [0.15, 0.2) is 24.3 Å². The highest BCUT2D eigenvalue weighted by atomic mass is 32.2. The van der Waals surface area contributed by atoms with Crippen molar-refractivity contribution >= 4 is 48.8 Å². The van der Waals surface area contributed by atoms with Crippen molar-refractivity contribution in [1.82, 2.24) is 9.59 Å². The first-order valence-electron chi connectivity index (χ1n) is 7.84. The molecule has 6 nitrogen and oxygen atoms in total. The summed E-state index contributed by atoms with van der Waals surface area (Å²) in [5.74, 6) is -1.36. The molecule has 1 fully saturated rings. The second-order valence-corrected chi connectivity index (χ2v) is 8.93. The predicted molar refractivity (Wildman–Crippen MR) is 97.4 cm³/mol. The van der Waals surface area contributed by atoms with Crippen molar-refractivity contribution in [2.24, 2.45) is 0 Å². The zero-order valence-corrected chi connectivity index (χ0v) is 15.2. The van der Waals surface area contributed by atoms with Crippen molar-refractivity contribution in [3.05, 3.63) is 41.5 Å². The summed E-state index contributed by atoms with van der Waals surface area (Å²) in [5, 5.41) is 5.90. The molecule has 4 rings (SSSR count). The number of benzene rings is 2. The molecule has 0 spiro atoms. The Morgan fingerprint density at radius 2 is 1.96 bits per heavy atom. The summed E-state index contributed by atoms with van der Waals surface area (Å²) in [4.78, 5) is 0. The van der Waals surface area contributed by atoms with Gasteiger partial charge in [0.15, 0.2) is 5.82 Å². The van der Waals surface area contributed by atoms with E-state index in [1.54, 1.807) is 13.0 Å². The van der Waals surface area contributed by atoms with Gasteiger partial charge in [0.2, 0.25) is 10.0 Å². The minimum absolute atomic E-state index is 0.000565. The molecular weight excluding hydrogens is 382 g/mol. The number of sulfonamides is 1. The number of fused-ring (bicyclic) bond motifs is 1. The largest absolute Gasteiger partial charge is 0.349 e. The van der Waals surface area contributed by atoms with E-state index in [4.69, 9.17) is 0 Å². The van der Waals surface area contributed by atoms with Gasteiger partial charge in [0.1, 0.15) is 17.0 Å². The maximum Gasteiger partial charge on any atom is 0.235 e. The van der Waals surface area contributed by atoms with Gasteiger partial charge < -0.3 is 5.32 Å². The lowest BCUT2D eigenvalue weighted by atomic mass is 10.2. The molecule has 0 saturated heterocycles. The molecule has 0 unspecified atom stereocenters. The molecule has 0 atom stereocenters. The molecule has 26 heavy (non-hydrogen) atoms. The van der Waals surface area contributed by atoms with Crippen LogP contribution in [0.4, 0.5) is 25.8 Å². The maximum absolute atomic E-state index is 14.9. The molecule has 3 aromatic rings. The minimum Gasteiger partial charge on any atom is -0.349 e. The molecule has 1 aliphatic carbocycles. The lowest BCUT2D eigenvalue weighted by Gasteiger charge is -2.16. The van der Waals surface area contributed by atoms with Crippen LogP contribution in [0.3, 0.4) is 0 Å². The van der Waals surface area contributed by atoms with E-state index >= 15 is 0 Å². The van der Waals surface area contributed by atoms with Crippen LogP contribution in [-0.4, -0.2) is 23.3 Å². The third-order valence-corrected chi connectivity index (χ3v) is 6.61. The van der Waals surface area contributed by atoms with E-state index in [0.717, 1.165) is 11.5 Å². The number of hydrogen-bond acceptors (Lipinski definition) is 6. The Bertz CT molecular complexity index is 1110. The summed E-state index contributed by atoms with van der Waals surface area (Å²) < 4.78 is 60.2. The number of aromatic nitrogens is 2. The number of rotatable bonds is 5. The summed E-state index contributed by atoms with van der Waals surface area (Å²) in [6, 6.07) is 5.89. The summed E-state index contributed by atoms with van der Waals surface area (Å²) in [6.45, 7) is 1.73. The molecule has 0 radical (unpaired) electrons. The van der Waals surface area contributed by atoms with Crippen LogP contribution < -0.4 is 10.0 Å². The molecule has 10 heteroatoms. The Kier molecular flexibility index (Phi) is 4.03. The zero-order chi connectivity index (χ0) is 18.5. The summed E-state index contributed by atoms with van der Waals surface area (Å²) >= 11 is 0.948. The zero-order valence-electron chi connectivity index (χ0n) is 13.6. The van der Waals surface area contributed by atoms with Gasteiger partial charge in [0.05, 0.1) is 21.3 Å². The van der Waals surface area contributed by atoms with Crippen molar-refractivity contribution in [2.45, 2.75) is 25.0 Å². The van der Waals surface area contributed by atoms with Gasteiger partial charge in [-0.05, 0) is 55.1 Å². The van der Waals surface area contributed by atoms with Crippen LogP contribution in [0.5, 0.6) is 0 Å². The molecule has 1 aliphatic rings. The van der Waals surface area contributed by atoms with Crippen molar-refractivity contribution < 1.29 is 17.2 Å². The third kappa shape index (κ3) is 3.10. The SMILES string of the molecule is Cc1ccc(Nc2c(NS(=O)(=O)C3CC3)cc3snnc3c2F)c(F)c1. The molecule has 136 valence electrons. The predicted octanol–water partition coefficient (Wildman–Crippen LogP) is 3.93. The van der Waals surface area contributed by atoms with Gasteiger partial charge in [0, 0.05) is 0 Å². The van der Waals surface area contributed by atoms with Crippen molar-refractivity contribution in [3.8, 4) is 0 Å². The third-order valence-electron chi connectivity index (χ3n) is 4.09. The van der Waals surface area contributed by atoms with E-state index in [0.29, 0.717) is 23.1 Å². The Balaban J connectivity index is 1.82. The number of hydrogen-bond donors (Lipinski definition) is 2. The number of nitrogens with one attached hydrogen (secondary N) is 2. The van der Waals surface area contributed by atoms with Crippen LogP contribution >= 0.6 is 11.5 Å². The molecular formula is C16H14F2N4O2S2. The first-order valence-corrected chi connectivity index (χ1v) is 10.2. The van der Waals surface area contributed by atoms with Crippen LogP contribution in [0, 0.1) is 18.6 Å².